The Hall–Kier alpha value is -2.43. The quantitative estimate of drug-likeness (QED) is 0.938. The van der Waals surface area contributed by atoms with E-state index in [9.17, 15) is 4.79 Å². The Morgan fingerprint density at radius 2 is 1.92 bits per heavy atom. The number of rotatable bonds is 4. The number of hydrogen-bond donors (Lipinski definition) is 1. The highest BCUT2D eigenvalue weighted by Crippen LogP contribution is 2.18. The zero-order valence-electron chi connectivity index (χ0n) is 14.3. The fourth-order valence-corrected chi connectivity index (χ4v) is 2.91. The van der Waals surface area contributed by atoms with Crippen LogP contribution in [0.2, 0.25) is 0 Å². The van der Waals surface area contributed by atoms with Gasteiger partial charge in [0.15, 0.2) is 0 Å². The van der Waals surface area contributed by atoms with E-state index < -0.39 is 0 Å². The van der Waals surface area contributed by atoms with Gasteiger partial charge in [0.05, 0.1) is 0 Å². The van der Waals surface area contributed by atoms with Crippen molar-refractivity contribution in [2.75, 3.05) is 18.4 Å². The van der Waals surface area contributed by atoms with Crippen LogP contribution in [0.25, 0.3) is 0 Å². The summed E-state index contributed by atoms with van der Waals surface area (Å²) in [4.78, 5) is 23.4. The molecule has 5 heteroatoms. The molecule has 0 atom stereocenters. The van der Waals surface area contributed by atoms with Gasteiger partial charge >= 0.3 is 0 Å². The number of piperidine rings is 1. The molecule has 1 aliphatic rings. The molecule has 0 unspecified atom stereocenters. The summed E-state index contributed by atoms with van der Waals surface area (Å²) in [5, 5.41) is 3.21. The second-order valence-corrected chi connectivity index (χ2v) is 6.53. The van der Waals surface area contributed by atoms with Crippen LogP contribution in [0.3, 0.4) is 0 Å². The molecule has 2 aromatic rings. The van der Waals surface area contributed by atoms with Gasteiger partial charge in [-0.15, -0.1) is 0 Å². The highest BCUT2D eigenvalue weighted by molar-refractivity contribution is 5.92. The van der Waals surface area contributed by atoms with Gasteiger partial charge in [0.25, 0.3) is 5.91 Å². The van der Waals surface area contributed by atoms with E-state index in [-0.39, 0.29) is 5.91 Å². The van der Waals surface area contributed by atoms with Crippen molar-refractivity contribution < 1.29 is 4.79 Å². The molecule has 0 aliphatic carbocycles. The first-order chi connectivity index (χ1) is 11.6. The number of anilines is 1. The minimum atomic E-state index is 0.00941. The van der Waals surface area contributed by atoms with Crippen molar-refractivity contribution in [2.45, 2.75) is 33.2 Å². The van der Waals surface area contributed by atoms with Crippen molar-refractivity contribution in [1.82, 2.24) is 14.9 Å². The number of amides is 1. The lowest BCUT2D eigenvalue weighted by Gasteiger charge is -2.30. The molecule has 1 fully saturated rings. The summed E-state index contributed by atoms with van der Waals surface area (Å²) in [7, 11) is 0. The van der Waals surface area contributed by atoms with Gasteiger partial charge in [-0.25, -0.2) is 9.97 Å². The Balaban J connectivity index is 1.70. The molecule has 24 heavy (non-hydrogen) atoms. The first-order valence-corrected chi connectivity index (χ1v) is 8.54. The highest BCUT2D eigenvalue weighted by Gasteiger charge is 2.23. The van der Waals surface area contributed by atoms with Crippen LogP contribution in [0, 0.1) is 12.8 Å². The number of likely N-dealkylation sites (tertiary alicyclic amines) is 1. The fraction of sp³-hybridized carbons (Fsp3) is 0.421. The topological polar surface area (TPSA) is 58.1 Å². The maximum Gasteiger partial charge on any atom is 0.272 e. The molecule has 126 valence electrons. The van der Waals surface area contributed by atoms with Crippen LogP contribution in [0.5, 0.6) is 0 Å². The smallest absolute Gasteiger partial charge is 0.272 e. The molecule has 0 radical (unpaired) electrons. The monoisotopic (exact) mass is 324 g/mol. The summed E-state index contributed by atoms with van der Waals surface area (Å²) in [5.41, 5.74) is 2.43. The lowest BCUT2D eigenvalue weighted by atomic mass is 9.99. The molecule has 2 heterocycles. The lowest BCUT2D eigenvalue weighted by Crippen LogP contribution is -2.38. The summed E-state index contributed by atoms with van der Waals surface area (Å²) in [5.74, 6) is 1.21. The van der Waals surface area contributed by atoms with Gasteiger partial charge < -0.3 is 10.2 Å². The first-order valence-electron chi connectivity index (χ1n) is 8.54. The Morgan fingerprint density at radius 3 is 2.62 bits per heavy atom. The van der Waals surface area contributed by atoms with Gasteiger partial charge in [0, 0.05) is 25.3 Å². The second-order valence-electron chi connectivity index (χ2n) is 6.53. The molecule has 1 N–H and O–H groups in total. The van der Waals surface area contributed by atoms with Gasteiger partial charge in [0.2, 0.25) is 5.95 Å². The zero-order valence-corrected chi connectivity index (χ0v) is 14.3. The Morgan fingerprint density at radius 1 is 1.21 bits per heavy atom. The van der Waals surface area contributed by atoms with Crippen molar-refractivity contribution in [3.8, 4) is 0 Å². The summed E-state index contributed by atoms with van der Waals surface area (Å²) >= 11 is 0. The number of benzene rings is 1. The number of aromatic nitrogens is 2. The number of nitrogens with zero attached hydrogens (tertiary/aromatic N) is 3. The second kappa shape index (κ2) is 7.43. The van der Waals surface area contributed by atoms with Crippen LogP contribution in [0.1, 0.15) is 41.5 Å². The Bertz CT molecular complexity index is 694. The van der Waals surface area contributed by atoms with E-state index in [1.807, 2.05) is 42.2 Å². The van der Waals surface area contributed by atoms with Crippen LogP contribution in [0.15, 0.2) is 36.4 Å². The molecule has 5 nitrogen and oxygen atoms in total. The molecule has 1 amide bonds. The van der Waals surface area contributed by atoms with Gasteiger partial charge in [-0.05, 0) is 37.3 Å². The summed E-state index contributed by atoms with van der Waals surface area (Å²) < 4.78 is 0. The van der Waals surface area contributed by atoms with Crippen LogP contribution in [0.4, 0.5) is 5.95 Å². The molecule has 1 saturated heterocycles. The largest absolute Gasteiger partial charge is 0.350 e. The Kier molecular flexibility index (Phi) is 5.08. The van der Waals surface area contributed by atoms with Crippen molar-refractivity contribution in [3.05, 3.63) is 53.3 Å². The van der Waals surface area contributed by atoms with Gasteiger partial charge in [-0.3, -0.25) is 4.79 Å². The third-order valence-corrected chi connectivity index (χ3v) is 4.44. The standard InChI is InChI=1S/C19H24N4O/c1-14-8-10-23(11-9-14)18(24)17-12-15(2)21-19(22-17)20-13-16-6-4-3-5-7-16/h3-7,12,14H,8-11,13H2,1-2H3,(H,20,21,22). The average Bonchev–Trinajstić information content (AvgIpc) is 2.60. The van der Waals surface area contributed by atoms with E-state index in [4.69, 9.17) is 0 Å². The summed E-state index contributed by atoms with van der Waals surface area (Å²) in [6.45, 7) is 6.40. The third kappa shape index (κ3) is 4.10. The molecule has 0 bridgehead atoms. The summed E-state index contributed by atoms with van der Waals surface area (Å²) in [6, 6.07) is 11.9. The predicted molar refractivity (Wildman–Crippen MR) is 94.8 cm³/mol. The van der Waals surface area contributed by atoms with Crippen molar-refractivity contribution in [1.29, 1.82) is 0 Å². The van der Waals surface area contributed by atoms with E-state index in [0.717, 1.165) is 37.2 Å². The predicted octanol–water partition coefficient (Wildman–Crippen LogP) is 3.27. The number of carbonyl (C=O) groups is 1. The maximum absolute atomic E-state index is 12.7. The van der Waals surface area contributed by atoms with Crippen molar-refractivity contribution in [2.24, 2.45) is 5.92 Å². The van der Waals surface area contributed by atoms with Crippen molar-refractivity contribution in [3.63, 3.8) is 0 Å². The molecule has 0 saturated carbocycles. The number of hydrogen-bond acceptors (Lipinski definition) is 4. The van der Waals surface area contributed by atoms with Crippen LogP contribution >= 0.6 is 0 Å². The SMILES string of the molecule is Cc1cc(C(=O)N2CCC(C)CC2)nc(NCc2ccccc2)n1. The van der Waals surface area contributed by atoms with E-state index in [2.05, 4.69) is 22.2 Å². The molecule has 3 rings (SSSR count). The molecular weight excluding hydrogens is 300 g/mol. The number of carbonyl (C=O) groups excluding carboxylic acids is 1. The van der Waals surface area contributed by atoms with Crippen LogP contribution < -0.4 is 5.32 Å². The number of nitrogens with one attached hydrogen (secondary N) is 1. The normalized spacial score (nSPS) is 15.3. The van der Waals surface area contributed by atoms with Crippen LogP contribution in [-0.2, 0) is 6.54 Å². The van der Waals surface area contributed by atoms with Crippen LogP contribution in [-0.4, -0.2) is 33.9 Å². The van der Waals surface area contributed by atoms with E-state index in [1.165, 1.54) is 0 Å². The van der Waals surface area contributed by atoms with E-state index in [1.54, 1.807) is 6.07 Å². The Labute approximate surface area is 143 Å². The zero-order chi connectivity index (χ0) is 16.9. The molecule has 0 spiro atoms. The third-order valence-electron chi connectivity index (χ3n) is 4.44. The molecule has 1 aromatic heterocycles. The van der Waals surface area contributed by atoms with Gasteiger partial charge in [-0.2, -0.15) is 0 Å². The highest BCUT2D eigenvalue weighted by atomic mass is 16.2. The summed E-state index contributed by atoms with van der Waals surface area (Å²) in [6.07, 6.45) is 2.13. The molecule has 1 aromatic carbocycles. The first kappa shape index (κ1) is 16.4. The van der Waals surface area contributed by atoms with Gasteiger partial charge in [-0.1, -0.05) is 37.3 Å². The minimum Gasteiger partial charge on any atom is -0.350 e. The lowest BCUT2D eigenvalue weighted by molar-refractivity contribution is 0.0691. The van der Waals surface area contributed by atoms with Crippen molar-refractivity contribution >= 4 is 11.9 Å². The molecule has 1 aliphatic heterocycles. The fourth-order valence-electron chi connectivity index (χ4n) is 2.91. The maximum atomic E-state index is 12.7. The van der Waals surface area contributed by atoms with E-state index >= 15 is 0 Å². The average molecular weight is 324 g/mol. The molecular formula is C19H24N4O. The minimum absolute atomic E-state index is 0.00941. The van der Waals surface area contributed by atoms with E-state index in [0.29, 0.717) is 24.1 Å². The number of aryl methyl sites for hydroxylation is 1. The van der Waals surface area contributed by atoms with Gasteiger partial charge in [0.1, 0.15) is 5.69 Å².